The molecule has 2 saturated carbocycles. The highest BCUT2D eigenvalue weighted by atomic mass is 14.9. The summed E-state index contributed by atoms with van der Waals surface area (Å²) in [5.74, 6) is 2.02. The first kappa shape index (κ1) is 11.4. The summed E-state index contributed by atoms with van der Waals surface area (Å²) in [5, 5.41) is 3.41. The minimum absolute atomic E-state index is 0.509. The van der Waals surface area contributed by atoms with E-state index >= 15 is 0 Å². The van der Waals surface area contributed by atoms with Crippen molar-refractivity contribution in [1.29, 1.82) is 0 Å². The van der Waals surface area contributed by atoms with Gasteiger partial charge in [-0.05, 0) is 70.3 Å². The molecule has 0 spiro atoms. The molecule has 0 amide bonds. The van der Waals surface area contributed by atoms with Gasteiger partial charge in [-0.2, -0.15) is 0 Å². The van der Waals surface area contributed by atoms with Crippen LogP contribution in [0.25, 0.3) is 0 Å². The van der Waals surface area contributed by atoms with Crippen molar-refractivity contribution in [1.82, 2.24) is 5.32 Å². The van der Waals surface area contributed by atoms with Crippen LogP contribution in [0.4, 0.5) is 0 Å². The van der Waals surface area contributed by atoms with Crippen LogP contribution in [0, 0.1) is 11.8 Å². The van der Waals surface area contributed by atoms with Gasteiger partial charge in [0.15, 0.2) is 0 Å². The number of rotatable bonds is 2. The Bertz CT molecular complexity index is 177. The molecular weight excluding hydrogens is 184 g/mol. The maximum Gasteiger partial charge on any atom is 0.00642 e. The average molecular weight is 210 g/mol. The van der Waals surface area contributed by atoms with Crippen molar-refractivity contribution in [2.75, 3.05) is 7.05 Å². The second kappa shape index (κ2) is 5.31. The summed E-state index contributed by atoms with van der Waals surface area (Å²) in [6.07, 6.45) is 11.0. The first-order chi connectivity index (χ1) is 7.29. The smallest absolute Gasteiger partial charge is 0.00642 e. The normalized spacial score (nSPS) is 42.8. The summed E-state index contributed by atoms with van der Waals surface area (Å²) in [6.45, 7) is 0. The predicted octanol–water partition coefficient (Wildman–Crippen LogP) is 2.28. The fourth-order valence-electron chi connectivity index (χ4n) is 3.50. The fourth-order valence-corrected chi connectivity index (χ4v) is 3.50. The van der Waals surface area contributed by atoms with Gasteiger partial charge in [0.1, 0.15) is 0 Å². The Morgan fingerprint density at radius 3 is 1.73 bits per heavy atom. The van der Waals surface area contributed by atoms with Gasteiger partial charge in [-0.25, -0.2) is 0 Å². The van der Waals surface area contributed by atoms with Crippen LogP contribution >= 0.6 is 0 Å². The van der Waals surface area contributed by atoms with E-state index in [1.165, 1.54) is 51.4 Å². The van der Waals surface area contributed by atoms with Crippen LogP contribution in [-0.4, -0.2) is 19.1 Å². The number of hydrogen-bond acceptors (Lipinski definition) is 2. The molecule has 0 heterocycles. The summed E-state index contributed by atoms with van der Waals surface area (Å²) < 4.78 is 0. The lowest BCUT2D eigenvalue weighted by Crippen LogP contribution is -2.35. The van der Waals surface area contributed by atoms with E-state index in [9.17, 15) is 0 Å². The van der Waals surface area contributed by atoms with Crippen LogP contribution in [0.3, 0.4) is 0 Å². The summed E-state index contributed by atoms with van der Waals surface area (Å²) in [6, 6.07) is 1.31. The molecule has 3 N–H and O–H groups in total. The van der Waals surface area contributed by atoms with E-state index < -0.39 is 0 Å². The van der Waals surface area contributed by atoms with Gasteiger partial charge >= 0.3 is 0 Å². The van der Waals surface area contributed by atoms with Crippen molar-refractivity contribution in [2.45, 2.75) is 63.5 Å². The van der Waals surface area contributed by atoms with Gasteiger partial charge in [-0.1, -0.05) is 0 Å². The van der Waals surface area contributed by atoms with Crippen molar-refractivity contribution in [3.63, 3.8) is 0 Å². The van der Waals surface area contributed by atoms with E-state index in [0.29, 0.717) is 6.04 Å². The van der Waals surface area contributed by atoms with Crippen LogP contribution in [0.15, 0.2) is 0 Å². The van der Waals surface area contributed by atoms with Crippen molar-refractivity contribution < 1.29 is 0 Å². The summed E-state index contributed by atoms with van der Waals surface area (Å²) in [5.41, 5.74) is 5.96. The molecule has 2 aliphatic rings. The molecule has 2 fully saturated rings. The molecule has 0 saturated heterocycles. The van der Waals surface area contributed by atoms with Crippen LogP contribution in [0.1, 0.15) is 51.4 Å². The Hall–Kier alpha value is -0.0800. The largest absolute Gasteiger partial charge is 0.328 e. The molecule has 2 nitrogen and oxygen atoms in total. The molecule has 0 unspecified atom stereocenters. The van der Waals surface area contributed by atoms with Gasteiger partial charge in [-0.3, -0.25) is 0 Å². The van der Waals surface area contributed by atoms with Crippen LogP contribution in [-0.2, 0) is 0 Å². The predicted molar refractivity (Wildman–Crippen MR) is 64.7 cm³/mol. The van der Waals surface area contributed by atoms with E-state index in [1.54, 1.807) is 0 Å². The number of nitrogens with two attached hydrogens (primary N) is 1. The lowest BCUT2D eigenvalue weighted by atomic mass is 9.71. The molecule has 2 rings (SSSR count). The van der Waals surface area contributed by atoms with Crippen LogP contribution in [0.5, 0.6) is 0 Å². The maximum atomic E-state index is 5.96. The van der Waals surface area contributed by atoms with Crippen molar-refractivity contribution >= 4 is 0 Å². The van der Waals surface area contributed by atoms with Crippen molar-refractivity contribution in [3.05, 3.63) is 0 Å². The topological polar surface area (TPSA) is 38.0 Å². The molecule has 2 aliphatic carbocycles. The van der Waals surface area contributed by atoms with Gasteiger partial charge < -0.3 is 11.1 Å². The fraction of sp³-hybridized carbons (Fsp3) is 1.00. The molecular formula is C13H26N2. The van der Waals surface area contributed by atoms with Gasteiger partial charge in [0.05, 0.1) is 0 Å². The molecule has 15 heavy (non-hydrogen) atoms. The first-order valence-electron chi connectivity index (χ1n) is 6.72. The molecule has 0 aromatic heterocycles. The third-order valence-corrected chi connectivity index (χ3v) is 4.66. The van der Waals surface area contributed by atoms with E-state index in [2.05, 4.69) is 12.4 Å². The van der Waals surface area contributed by atoms with Crippen molar-refractivity contribution in [3.8, 4) is 0 Å². The highest BCUT2D eigenvalue weighted by molar-refractivity contribution is 4.84. The Morgan fingerprint density at radius 1 is 0.800 bits per heavy atom. The zero-order chi connectivity index (χ0) is 10.7. The van der Waals surface area contributed by atoms with Gasteiger partial charge in [0, 0.05) is 12.1 Å². The minimum Gasteiger partial charge on any atom is -0.328 e. The molecule has 0 aliphatic heterocycles. The van der Waals surface area contributed by atoms with Crippen LogP contribution < -0.4 is 11.1 Å². The lowest BCUT2D eigenvalue weighted by molar-refractivity contribution is 0.172. The highest BCUT2D eigenvalue weighted by Gasteiger charge is 2.29. The standard InChI is InChI=1S/C13H26N2/c1-15-13-8-4-11(5-9-13)10-2-6-12(14)7-3-10/h10-13,15H,2-9,14H2,1H3. The summed E-state index contributed by atoms with van der Waals surface area (Å²) in [4.78, 5) is 0. The zero-order valence-corrected chi connectivity index (χ0v) is 10.0. The van der Waals surface area contributed by atoms with Gasteiger partial charge in [-0.15, -0.1) is 0 Å². The minimum atomic E-state index is 0.509. The van der Waals surface area contributed by atoms with E-state index in [-0.39, 0.29) is 0 Å². The van der Waals surface area contributed by atoms with Crippen molar-refractivity contribution in [2.24, 2.45) is 17.6 Å². The first-order valence-corrected chi connectivity index (χ1v) is 6.72. The van der Waals surface area contributed by atoms with E-state index in [0.717, 1.165) is 17.9 Å². The monoisotopic (exact) mass is 210 g/mol. The summed E-state index contributed by atoms with van der Waals surface area (Å²) in [7, 11) is 2.10. The Morgan fingerprint density at radius 2 is 1.27 bits per heavy atom. The molecule has 0 bridgehead atoms. The maximum absolute atomic E-state index is 5.96. The Kier molecular flexibility index (Phi) is 4.04. The molecule has 0 radical (unpaired) electrons. The Labute approximate surface area is 94.0 Å². The third-order valence-electron chi connectivity index (χ3n) is 4.66. The van der Waals surface area contributed by atoms with E-state index in [1.807, 2.05) is 0 Å². The third kappa shape index (κ3) is 2.94. The molecule has 0 aromatic carbocycles. The molecule has 2 heteroatoms. The molecule has 88 valence electrons. The number of hydrogen-bond donors (Lipinski definition) is 2. The van der Waals surface area contributed by atoms with Gasteiger partial charge in [0.2, 0.25) is 0 Å². The SMILES string of the molecule is CNC1CCC(C2CCC(N)CC2)CC1. The average Bonchev–Trinajstić information content (AvgIpc) is 2.30. The number of nitrogens with one attached hydrogen (secondary N) is 1. The molecule has 0 aromatic rings. The summed E-state index contributed by atoms with van der Waals surface area (Å²) >= 11 is 0. The second-order valence-corrected chi connectivity index (χ2v) is 5.58. The van der Waals surface area contributed by atoms with E-state index in [4.69, 9.17) is 5.73 Å². The van der Waals surface area contributed by atoms with Crippen LogP contribution in [0.2, 0.25) is 0 Å². The zero-order valence-electron chi connectivity index (χ0n) is 10.0. The van der Waals surface area contributed by atoms with Gasteiger partial charge in [0.25, 0.3) is 0 Å². The quantitative estimate of drug-likeness (QED) is 0.734. The highest BCUT2D eigenvalue weighted by Crippen LogP contribution is 2.37. The second-order valence-electron chi connectivity index (χ2n) is 5.58. The lowest BCUT2D eigenvalue weighted by Gasteiger charge is -2.37. The Balaban J connectivity index is 1.75. The molecule has 0 atom stereocenters.